The fraction of sp³-hybridized carbons (Fsp3) is 0.238. The van der Waals surface area contributed by atoms with Crippen LogP contribution < -0.4 is 5.32 Å². The van der Waals surface area contributed by atoms with Crippen molar-refractivity contribution in [3.05, 3.63) is 70.7 Å². The summed E-state index contributed by atoms with van der Waals surface area (Å²) in [5.41, 5.74) is 5.17. The van der Waals surface area contributed by atoms with E-state index in [0.29, 0.717) is 13.1 Å². The number of aromatic nitrogens is 1. The number of thiazole rings is 1. The molecular weight excluding hydrogens is 342 g/mol. The van der Waals surface area contributed by atoms with E-state index in [1.54, 1.807) is 11.3 Å². The summed E-state index contributed by atoms with van der Waals surface area (Å²) in [7, 11) is 1.94. The van der Waals surface area contributed by atoms with Gasteiger partial charge in [0.25, 0.3) is 0 Å². The number of hydrogen-bond donors (Lipinski definition) is 1. The maximum Gasteiger partial charge on any atom is 0.238 e. The summed E-state index contributed by atoms with van der Waals surface area (Å²) < 4.78 is 0. The molecule has 5 heteroatoms. The first-order chi connectivity index (χ1) is 12.5. The fourth-order valence-corrected chi connectivity index (χ4v) is 3.68. The second kappa shape index (κ2) is 8.25. The lowest BCUT2D eigenvalue weighted by Gasteiger charge is -2.16. The number of rotatable bonds is 6. The first-order valence-electron chi connectivity index (χ1n) is 8.57. The molecule has 134 valence electrons. The lowest BCUT2D eigenvalue weighted by atomic mass is 10.1. The minimum atomic E-state index is -0.0107. The van der Waals surface area contributed by atoms with Gasteiger partial charge in [0, 0.05) is 23.2 Å². The third kappa shape index (κ3) is 4.56. The van der Waals surface area contributed by atoms with Crippen molar-refractivity contribution in [1.29, 1.82) is 0 Å². The Kier molecular flexibility index (Phi) is 5.81. The summed E-state index contributed by atoms with van der Waals surface area (Å²) in [5.74, 6) is -0.0107. The molecule has 2 aromatic carbocycles. The number of amides is 1. The molecule has 3 rings (SSSR count). The van der Waals surface area contributed by atoms with Crippen molar-refractivity contribution in [2.75, 3.05) is 18.9 Å². The van der Waals surface area contributed by atoms with Crippen LogP contribution in [0.3, 0.4) is 0 Å². The van der Waals surface area contributed by atoms with E-state index >= 15 is 0 Å². The maximum atomic E-state index is 12.4. The van der Waals surface area contributed by atoms with Gasteiger partial charge in [-0.05, 0) is 32.0 Å². The Labute approximate surface area is 158 Å². The number of anilines is 1. The molecule has 0 radical (unpaired) electrons. The SMILES string of the molecule is Cc1cccc(C)c1NC(=O)CN(C)Cc1csc(-c2ccccc2)n1. The van der Waals surface area contributed by atoms with Crippen LogP contribution in [0.5, 0.6) is 0 Å². The summed E-state index contributed by atoms with van der Waals surface area (Å²) in [6, 6.07) is 16.2. The van der Waals surface area contributed by atoms with Crippen molar-refractivity contribution >= 4 is 22.9 Å². The smallest absolute Gasteiger partial charge is 0.238 e. The highest BCUT2D eigenvalue weighted by Crippen LogP contribution is 2.24. The summed E-state index contributed by atoms with van der Waals surface area (Å²) in [6.45, 7) is 4.98. The molecule has 1 N–H and O–H groups in total. The molecular formula is C21H23N3OS. The molecule has 0 atom stereocenters. The molecule has 1 aromatic heterocycles. The second-order valence-electron chi connectivity index (χ2n) is 6.50. The average Bonchev–Trinajstić information content (AvgIpc) is 3.07. The highest BCUT2D eigenvalue weighted by molar-refractivity contribution is 7.13. The number of para-hydroxylation sites is 1. The van der Waals surface area contributed by atoms with Crippen LogP contribution in [0.15, 0.2) is 53.9 Å². The lowest BCUT2D eigenvalue weighted by molar-refractivity contribution is -0.117. The zero-order chi connectivity index (χ0) is 18.5. The maximum absolute atomic E-state index is 12.4. The van der Waals surface area contributed by atoms with E-state index in [2.05, 4.69) is 27.8 Å². The highest BCUT2D eigenvalue weighted by atomic mass is 32.1. The van der Waals surface area contributed by atoms with Gasteiger partial charge in [-0.15, -0.1) is 11.3 Å². The van der Waals surface area contributed by atoms with Crippen molar-refractivity contribution in [3.63, 3.8) is 0 Å². The Balaban J connectivity index is 1.58. The minimum absolute atomic E-state index is 0.0107. The van der Waals surface area contributed by atoms with E-state index in [-0.39, 0.29) is 5.91 Å². The van der Waals surface area contributed by atoms with Crippen LogP contribution in [-0.4, -0.2) is 29.4 Å². The van der Waals surface area contributed by atoms with Crippen molar-refractivity contribution in [1.82, 2.24) is 9.88 Å². The van der Waals surface area contributed by atoms with Gasteiger partial charge in [-0.3, -0.25) is 9.69 Å². The van der Waals surface area contributed by atoms with Gasteiger partial charge < -0.3 is 5.32 Å². The molecule has 26 heavy (non-hydrogen) atoms. The zero-order valence-corrected chi connectivity index (χ0v) is 16.1. The first kappa shape index (κ1) is 18.3. The third-order valence-corrected chi connectivity index (χ3v) is 5.10. The van der Waals surface area contributed by atoms with E-state index in [4.69, 9.17) is 0 Å². The summed E-state index contributed by atoms with van der Waals surface area (Å²) in [4.78, 5) is 19.0. The van der Waals surface area contributed by atoms with Crippen LogP contribution in [0.1, 0.15) is 16.8 Å². The van der Waals surface area contributed by atoms with Crippen molar-refractivity contribution in [3.8, 4) is 10.6 Å². The minimum Gasteiger partial charge on any atom is -0.324 e. The van der Waals surface area contributed by atoms with Gasteiger partial charge in [-0.2, -0.15) is 0 Å². The molecule has 0 aliphatic rings. The first-order valence-corrected chi connectivity index (χ1v) is 9.45. The van der Waals surface area contributed by atoms with Crippen molar-refractivity contribution < 1.29 is 4.79 Å². The van der Waals surface area contributed by atoms with E-state index in [1.807, 2.05) is 62.2 Å². The van der Waals surface area contributed by atoms with Crippen LogP contribution in [0.4, 0.5) is 5.69 Å². The molecule has 0 saturated heterocycles. The Morgan fingerprint density at radius 3 is 2.46 bits per heavy atom. The number of likely N-dealkylation sites (N-methyl/N-ethyl adjacent to an activating group) is 1. The average molecular weight is 366 g/mol. The Hall–Kier alpha value is -2.50. The molecule has 1 amide bonds. The number of nitrogens with one attached hydrogen (secondary N) is 1. The van der Waals surface area contributed by atoms with Gasteiger partial charge >= 0.3 is 0 Å². The molecule has 0 saturated carbocycles. The predicted octanol–water partition coefficient (Wildman–Crippen LogP) is 4.50. The monoisotopic (exact) mass is 365 g/mol. The van der Waals surface area contributed by atoms with Gasteiger partial charge in [0.2, 0.25) is 5.91 Å². The molecule has 0 unspecified atom stereocenters. The summed E-state index contributed by atoms with van der Waals surface area (Å²) in [6.07, 6.45) is 0. The van der Waals surface area contributed by atoms with Crippen LogP contribution in [0.25, 0.3) is 10.6 Å². The number of carbonyl (C=O) groups excluding carboxylic acids is 1. The Morgan fingerprint density at radius 2 is 1.77 bits per heavy atom. The quantitative estimate of drug-likeness (QED) is 0.700. The van der Waals surface area contributed by atoms with Gasteiger partial charge in [-0.1, -0.05) is 48.5 Å². The van der Waals surface area contributed by atoms with Crippen molar-refractivity contribution in [2.24, 2.45) is 0 Å². The van der Waals surface area contributed by atoms with Gasteiger partial charge in [0.1, 0.15) is 5.01 Å². The van der Waals surface area contributed by atoms with Crippen LogP contribution in [0, 0.1) is 13.8 Å². The predicted molar refractivity (Wildman–Crippen MR) is 108 cm³/mol. The van der Waals surface area contributed by atoms with Gasteiger partial charge in [-0.25, -0.2) is 4.98 Å². The summed E-state index contributed by atoms with van der Waals surface area (Å²) in [5, 5.41) is 6.09. The number of carbonyl (C=O) groups is 1. The molecule has 3 aromatic rings. The Morgan fingerprint density at radius 1 is 1.08 bits per heavy atom. The van der Waals surface area contributed by atoms with Crippen LogP contribution >= 0.6 is 11.3 Å². The van der Waals surface area contributed by atoms with E-state index in [9.17, 15) is 4.79 Å². The summed E-state index contributed by atoms with van der Waals surface area (Å²) >= 11 is 1.63. The molecule has 4 nitrogen and oxygen atoms in total. The molecule has 0 fully saturated rings. The number of aryl methyl sites for hydroxylation is 2. The van der Waals surface area contributed by atoms with Gasteiger partial charge in [0.15, 0.2) is 0 Å². The van der Waals surface area contributed by atoms with Gasteiger partial charge in [0.05, 0.1) is 12.2 Å². The number of hydrogen-bond acceptors (Lipinski definition) is 4. The second-order valence-corrected chi connectivity index (χ2v) is 7.36. The molecule has 0 aliphatic carbocycles. The zero-order valence-electron chi connectivity index (χ0n) is 15.3. The number of benzene rings is 2. The molecule has 1 heterocycles. The highest BCUT2D eigenvalue weighted by Gasteiger charge is 2.12. The molecule has 0 aliphatic heterocycles. The largest absolute Gasteiger partial charge is 0.324 e. The fourth-order valence-electron chi connectivity index (χ4n) is 2.86. The van der Waals surface area contributed by atoms with Crippen molar-refractivity contribution in [2.45, 2.75) is 20.4 Å². The number of nitrogens with zero attached hydrogens (tertiary/aromatic N) is 2. The molecule has 0 bridgehead atoms. The van der Waals surface area contributed by atoms with E-state index < -0.39 is 0 Å². The van der Waals surface area contributed by atoms with E-state index in [1.165, 1.54) is 0 Å². The standard InChI is InChI=1S/C21H23N3OS/c1-15-8-7-9-16(2)20(15)23-19(25)13-24(3)12-18-14-26-21(22-18)17-10-5-4-6-11-17/h4-11,14H,12-13H2,1-3H3,(H,23,25). The van der Waals surface area contributed by atoms with E-state index in [0.717, 1.165) is 33.1 Å². The third-order valence-electron chi connectivity index (χ3n) is 4.16. The van der Waals surface area contributed by atoms with Crippen LogP contribution in [-0.2, 0) is 11.3 Å². The Bertz CT molecular complexity index is 869. The normalized spacial score (nSPS) is 10.9. The lowest BCUT2D eigenvalue weighted by Crippen LogP contribution is -2.30. The van der Waals surface area contributed by atoms with Crippen LogP contribution in [0.2, 0.25) is 0 Å². The molecule has 0 spiro atoms. The topological polar surface area (TPSA) is 45.2 Å².